The maximum absolute atomic E-state index is 13.5. The number of urea groups is 1. The fraction of sp³-hybridized carbons (Fsp3) is 0.455. The SMILES string of the molecule is CN(C(=O)NC(CC1CCC2=Cc3c(cnn3-c3ccc(F)cc3)CC21C)c1ccccc1)C1CCCCC1. The molecule has 0 saturated heterocycles. The Morgan fingerprint density at radius 1 is 1.10 bits per heavy atom. The van der Waals surface area contributed by atoms with Gasteiger partial charge in [-0.05, 0) is 91.3 Å². The molecule has 1 N–H and O–H groups in total. The van der Waals surface area contributed by atoms with Crippen molar-refractivity contribution in [3.8, 4) is 5.69 Å². The van der Waals surface area contributed by atoms with Crippen LogP contribution in [0.5, 0.6) is 0 Å². The number of carbonyl (C=O) groups excluding carboxylic acids is 1. The monoisotopic (exact) mass is 526 g/mol. The predicted octanol–water partition coefficient (Wildman–Crippen LogP) is 7.47. The van der Waals surface area contributed by atoms with E-state index in [0.717, 1.165) is 49.9 Å². The summed E-state index contributed by atoms with van der Waals surface area (Å²) in [5, 5.41) is 8.12. The molecule has 6 heteroatoms. The Labute approximate surface area is 231 Å². The van der Waals surface area contributed by atoms with Crippen molar-refractivity contribution in [3.05, 3.63) is 89.0 Å². The molecule has 1 aromatic heterocycles. The lowest BCUT2D eigenvalue weighted by molar-refractivity contribution is 0.164. The van der Waals surface area contributed by atoms with Gasteiger partial charge in [0, 0.05) is 13.1 Å². The third-order valence-corrected chi connectivity index (χ3v) is 9.69. The Morgan fingerprint density at radius 2 is 1.85 bits per heavy atom. The maximum atomic E-state index is 13.5. The molecule has 2 amide bonds. The lowest BCUT2D eigenvalue weighted by atomic mass is 9.68. The minimum atomic E-state index is -0.241. The van der Waals surface area contributed by atoms with Crippen LogP contribution in [0.2, 0.25) is 0 Å². The lowest BCUT2D eigenvalue weighted by Gasteiger charge is -2.38. The summed E-state index contributed by atoms with van der Waals surface area (Å²) in [5.74, 6) is 0.200. The molecular weight excluding hydrogens is 487 g/mol. The molecule has 5 nitrogen and oxygen atoms in total. The van der Waals surface area contributed by atoms with Crippen LogP contribution in [0.1, 0.15) is 81.2 Å². The molecule has 3 aliphatic rings. The van der Waals surface area contributed by atoms with E-state index in [1.165, 1.54) is 48.1 Å². The van der Waals surface area contributed by atoms with Gasteiger partial charge in [0.25, 0.3) is 0 Å². The van der Waals surface area contributed by atoms with E-state index in [4.69, 9.17) is 0 Å². The average molecular weight is 527 g/mol. The zero-order valence-corrected chi connectivity index (χ0v) is 23.1. The fourth-order valence-electron chi connectivity index (χ4n) is 7.23. The number of aromatic nitrogens is 2. The Hall–Kier alpha value is -3.41. The minimum Gasteiger partial charge on any atom is -0.331 e. The van der Waals surface area contributed by atoms with E-state index >= 15 is 0 Å². The van der Waals surface area contributed by atoms with Crippen LogP contribution in [-0.4, -0.2) is 33.8 Å². The van der Waals surface area contributed by atoms with Crippen molar-refractivity contribution in [2.75, 3.05) is 7.05 Å². The van der Waals surface area contributed by atoms with Crippen molar-refractivity contribution in [1.29, 1.82) is 0 Å². The molecule has 0 bridgehead atoms. The van der Waals surface area contributed by atoms with Gasteiger partial charge < -0.3 is 10.2 Å². The number of hydrogen-bond acceptors (Lipinski definition) is 2. The van der Waals surface area contributed by atoms with Crippen LogP contribution in [0.3, 0.4) is 0 Å². The molecule has 0 aliphatic heterocycles. The van der Waals surface area contributed by atoms with Crippen LogP contribution in [0.15, 0.2) is 66.4 Å². The third-order valence-electron chi connectivity index (χ3n) is 9.69. The molecule has 204 valence electrons. The number of hydrogen-bond donors (Lipinski definition) is 1. The van der Waals surface area contributed by atoms with Gasteiger partial charge in [0.05, 0.1) is 23.6 Å². The highest BCUT2D eigenvalue weighted by Crippen LogP contribution is 2.55. The van der Waals surface area contributed by atoms with Crippen molar-refractivity contribution in [2.24, 2.45) is 11.3 Å². The maximum Gasteiger partial charge on any atom is 0.317 e. The largest absolute Gasteiger partial charge is 0.331 e. The molecule has 3 unspecified atom stereocenters. The second-order valence-corrected chi connectivity index (χ2v) is 12.0. The summed E-state index contributed by atoms with van der Waals surface area (Å²) in [5.41, 5.74) is 5.87. The molecular formula is C33H39FN4O. The Kier molecular flexibility index (Phi) is 7.05. The van der Waals surface area contributed by atoms with Gasteiger partial charge in [-0.25, -0.2) is 13.9 Å². The highest BCUT2D eigenvalue weighted by atomic mass is 19.1. The summed E-state index contributed by atoms with van der Waals surface area (Å²) in [6.45, 7) is 2.40. The van der Waals surface area contributed by atoms with Gasteiger partial charge in [-0.1, -0.05) is 62.1 Å². The molecule has 6 rings (SSSR count). The van der Waals surface area contributed by atoms with Gasteiger partial charge in [0.15, 0.2) is 0 Å². The summed E-state index contributed by atoms with van der Waals surface area (Å²) < 4.78 is 15.4. The highest BCUT2D eigenvalue weighted by Gasteiger charge is 2.46. The summed E-state index contributed by atoms with van der Waals surface area (Å²) in [7, 11) is 1.96. The highest BCUT2D eigenvalue weighted by molar-refractivity contribution is 5.75. The number of amides is 2. The first kappa shape index (κ1) is 25.8. The quantitative estimate of drug-likeness (QED) is 0.362. The van der Waals surface area contributed by atoms with Crippen LogP contribution in [0.25, 0.3) is 11.8 Å². The van der Waals surface area contributed by atoms with E-state index < -0.39 is 0 Å². The van der Waals surface area contributed by atoms with Crippen molar-refractivity contribution in [3.63, 3.8) is 0 Å². The molecule has 3 aliphatic carbocycles. The van der Waals surface area contributed by atoms with Crippen molar-refractivity contribution in [1.82, 2.24) is 20.0 Å². The number of benzene rings is 2. The summed E-state index contributed by atoms with van der Waals surface area (Å²) in [6.07, 6.45) is 14.2. The Balaban J connectivity index is 1.23. The van der Waals surface area contributed by atoms with Crippen LogP contribution in [0, 0.1) is 17.2 Å². The zero-order valence-electron chi connectivity index (χ0n) is 23.1. The summed E-state index contributed by atoms with van der Waals surface area (Å²) >= 11 is 0. The first-order chi connectivity index (χ1) is 18.9. The van der Waals surface area contributed by atoms with Crippen LogP contribution >= 0.6 is 0 Å². The van der Waals surface area contributed by atoms with Crippen LogP contribution < -0.4 is 5.32 Å². The van der Waals surface area contributed by atoms with Crippen LogP contribution in [-0.2, 0) is 6.42 Å². The molecule has 39 heavy (non-hydrogen) atoms. The molecule has 2 fully saturated rings. The number of halogens is 1. The Bertz CT molecular complexity index is 1340. The Morgan fingerprint density at radius 3 is 2.59 bits per heavy atom. The molecule has 1 heterocycles. The van der Waals surface area contributed by atoms with Gasteiger partial charge in [-0.2, -0.15) is 5.10 Å². The van der Waals surface area contributed by atoms with Gasteiger partial charge in [0.1, 0.15) is 5.82 Å². The zero-order chi connectivity index (χ0) is 27.0. The fourth-order valence-corrected chi connectivity index (χ4v) is 7.23. The topological polar surface area (TPSA) is 50.2 Å². The number of fused-ring (bicyclic) bond motifs is 2. The smallest absolute Gasteiger partial charge is 0.317 e. The van der Waals surface area contributed by atoms with Gasteiger partial charge >= 0.3 is 6.03 Å². The molecule has 3 atom stereocenters. The van der Waals surface area contributed by atoms with Gasteiger partial charge in [-0.15, -0.1) is 0 Å². The molecule has 2 saturated carbocycles. The summed E-state index contributed by atoms with van der Waals surface area (Å²) in [6, 6.07) is 17.3. The second kappa shape index (κ2) is 10.6. The number of nitrogens with one attached hydrogen (secondary N) is 1. The number of rotatable bonds is 6. The first-order valence-electron chi connectivity index (χ1n) is 14.5. The number of allylic oxidation sites excluding steroid dienone is 1. The normalized spacial score (nSPS) is 23.5. The van der Waals surface area contributed by atoms with E-state index in [9.17, 15) is 9.18 Å². The van der Waals surface area contributed by atoms with Crippen LogP contribution in [0.4, 0.5) is 9.18 Å². The standard InChI is InChI=1S/C33H39FN4O/c1-33-21-24-22-35-38(29-17-15-27(34)16-18-29)31(24)20-26(33)14-13-25(33)19-30(23-9-5-3-6-10-23)36-32(39)37(2)28-11-7-4-8-12-28/h3,5-6,9-10,15-18,20,22,25,28,30H,4,7-8,11-14,19,21H2,1-2H3,(H,36,39). The van der Waals surface area contributed by atoms with Crippen molar-refractivity contribution >= 4 is 12.1 Å². The third kappa shape index (κ3) is 5.02. The molecule has 3 aromatic rings. The predicted molar refractivity (Wildman–Crippen MR) is 153 cm³/mol. The van der Waals surface area contributed by atoms with Gasteiger partial charge in [-0.3, -0.25) is 0 Å². The summed E-state index contributed by atoms with van der Waals surface area (Å²) in [4.78, 5) is 15.4. The number of nitrogens with zero attached hydrogens (tertiary/aromatic N) is 3. The first-order valence-corrected chi connectivity index (χ1v) is 14.5. The average Bonchev–Trinajstić information content (AvgIpc) is 3.51. The number of carbonyl (C=O) groups is 1. The molecule has 0 spiro atoms. The molecule has 2 aromatic carbocycles. The minimum absolute atomic E-state index is 0.0245. The van der Waals surface area contributed by atoms with E-state index in [0.29, 0.717) is 12.0 Å². The van der Waals surface area contributed by atoms with E-state index in [-0.39, 0.29) is 23.3 Å². The van der Waals surface area contributed by atoms with Gasteiger partial charge in [0.2, 0.25) is 0 Å². The van der Waals surface area contributed by atoms with Crippen molar-refractivity contribution in [2.45, 2.75) is 76.8 Å². The van der Waals surface area contributed by atoms with E-state index in [1.807, 2.05) is 28.9 Å². The van der Waals surface area contributed by atoms with E-state index in [1.54, 1.807) is 12.1 Å². The van der Waals surface area contributed by atoms with E-state index in [2.05, 4.69) is 47.7 Å². The second-order valence-electron chi connectivity index (χ2n) is 12.0. The van der Waals surface area contributed by atoms with Crippen molar-refractivity contribution < 1.29 is 9.18 Å². The lowest BCUT2D eigenvalue weighted by Crippen LogP contribution is -2.46. The molecule has 0 radical (unpaired) electrons.